The van der Waals surface area contributed by atoms with Gasteiger partial charge in [-0.15, -0.1) is 0 Å². The number of nitrogens with zero attached hydrogens (tertiary/aromatic N) is 3. The normalized spacial score (nSPS) is 10.6. The number of anilines is 2. The SMILES string of the molecule is COC(=O)c1n[nH]c2cccc(-c3ccc(NC(=O)N(C)c4cccnc4)cc3)c12. The maximum atomic E-state index is 12.5. The fourth-order valence-corrected chi connectivity index (χ4v) is 3.17. The number of esters is 1. The molecule has 2 aromatic carbocycles. The minimum atomic E-state index is -0.504. The van der Waals surface area contributed by atoms with Crippen molar-refractivity contribution in [2.75, 3.05) is 24.4 Å². The first-order chi connectivity index (χ1) is 14.6. The Hall–Kier alpha value is -4.20. The van der Waals surface area contributed by atoms with E-state index in [-0.39, 0.29) is 11.7 Å². The zero-order chi connectivity index (χ0) is 21.1. The third-order valence-corrected chi connectivity index (χ3v) is 4.75. The Labute approximate surface area is 172 Å². The van der Waals surface area contributed by atoms with Crippen molar-refractivity contribution < 1.29 is 14.3 Å². The van der Waals surface area contributed by atoms with E-state index < -0.39 is 5.97 Å². The van der Waals surface area contributed by atoms with Gasteiger partial charge in [0.05, 0.1) is 24.5 Å². The molecule has 0 radical (unpaired) electrons. The van der Waals surface area contributed by atoms with Gasteiger partial charge in [-0.2, -0.15) is 5.10 Å². The molecule has 8 heteroatoms. The van der Waals surface area contributed by atoms with Crippen LogP contribution < -0.4 is 10.2 Å². The van der Waals surface area contributed by atoms with Crippen LogP contribution in [0.3, 0.4) is 0 Å². The number of aromatic nitrogens is 3. The number of amides is 2. The largest absolute Gasteiger partial charge is 0.464 e. The summed E-state index contributed by atoms with van der Waals surface area (Å²) in [6, 6.07) is 16.3. The molecule has 0 saturated heterocycles. The number of nitrogens with one attached hydrogen (secondary N) is 2. The molecule has 0 saturated carbocycles. The van der Waals surface area contributed by atoms with Gasteiger partial charge in [0.25, 0.3) is 0 Å². The number of hydrogen-bond acceptors (Lipinski definition) is 5. The quantitative estimate of drug-likeness (QED) is 0.502. The van der Waals surface area contributed by atoms with E-state index in [1.165, 1.54) is 12.0 Å². The molecule has 2 aromatic heterocycles. The van der Waals surface area contributed by atoms with E-state index in [1.54, 1.807) is 43.7 Å². The molecule has 0 bridgehead atoms. The first-order valence-corrected chi connectivity index (χ1v) is 9.19. The van der Waals surface area contributed by atoms with Gasteiger partial charge < -0.3 is 10.1 Å². The standard InChI is InChI=1S/C22H19N5O3/c1-27(16-5-4-12-23-13-16)22(29)24-15-10-8-14(9-11-15)17-6-3-7-18-19(17)20(26-25-18)21(28)30-2/h3-13H,1-2H3,(H,24,29)(H,25,26). The van der Waals surface area contributed by atoms with Gasteiger partial charge in [0.1, 0.15) is 0 Å². The number of fused-ring (bicyclic) bond motifs is 1. The lowest BCUT2D eigenvalue weighted by molar-refractivity contribution is 0.0596. The van der Waals surface area contributed by atoms with Crippen LogP contribution in [0.1, 0.15) is 10.5 Å². The number of hydrogen-bond donors (Lipinski definition) is 2. The lowest BCUT2D eigenvalue weighted by Gasteiger charge is -2.17. The van der Waals surface area contributed by atoms with Gasteiger partial charge in [-0.1, -0.05) is 24.3 Å². The molecule has 0 atom stereocenters. The molecular formula is C22H19N5O3. The van der Waals surface area contributed by atoms with E-state index in [2.05, 4.69) is 20.5 Å². The second-order valence-corrected chi connectivity index (χ2v) is 6.57. The molecule has 0 unspecified atom stereocenters. The molecule has 0 spiro atoms. The fraction of sp³-hybridized carbons (Fsp3) is 0.0909. The predicted octanol–water partition coefficient (Wildman–Crippen LogP) is 4.08. The minimum Gasteiger partial charge on any atom is -0.464 e. The summed E-state index contributed by atoms with van der Waals surface area (Å²) < 4.78 is 4.84. The van der Waals surface area contributed by atoms with E-state index in [4.69, 9.17) is 4.74 Å². The van der Waals surface area contributed by atoms with Crippen molar-refractivity contribution in [2.24, 2.45) is 0 Å². The van der Waals surface area contributed by atoms with E-state index in [0.29, 0.717) is 16.8 Å². The van der Waals surface area contributed by atoms with Crippen molar-refractivity contribution in [3.63, 3.8) is 0 Å². The van der Waals surface area contributed by atoms with Gasteiger partial charge in [-0.3, -0.25) is 15.0 Å². The lowest BCUT2D eigenvalue weighted by Crippen LogP contribution is -2.31. The summed E-state index contributed by atoms with van der Waals surface area (Å²) in [6.45, 7) is 0. The Morgan fingerprint density at radius 3 is 2.57 bits per heavy atom. The van der Waals surface area contributed by atoms with Crippen LogP contribution in [-0.4, -0.2) is 41.3 Å². The van der Waals surface area contributed by atoms with Crippen molar-refractivity contribution in [3.8, 4) is 11.1 Å². The number of carbonyl (C=O) groups excluding carboxylic acids is 2. The summed E-state index contributed by atoms with van der Waals surface area (Å²) >= 11 is 0. The van der Waals surface area contributed by atoms with E-state index >= 15 is 0 Å². The minimum absolute atomic E-state index is 0.235. The zero-order valence-corrected chi connectivity index (χ0v) is 16.4. The molecule has 0 aliphatic heterocycles. The van der Waals surface area contributed by atoms with Crippen LogP contribution in [0, 0.1) is 0 Å². The van der Waals surface area contributed by atoms with Gasteiger partial charge in [0, 0.05) is 24.3 Å². The number of H-pyrrole nitrogens is 1. The highest BCUT2D eigenvalue weighted by Gasteiger charge is 2.18. The van der Waals surface area contributed by atoms with Gasteiger partial charge in [0.2, 0.25) is 0 Å². The van der Waals surface area contributed by atoms with E-state index in [1.807, 2.05) is 30.3 Å². The monoisotopic (exact) mass is 401 g/mol. The Bertz CT molecular complexity index is 1200. The Balaban J connectivity index is 1.59. The molecule has 30 heavy (non-hydrogen) atoms. The average Bonchev–Trinajstić information content (AvgIpc) is 3.23. The number of carbonyl (C=O) groups is 2. The summed E-state index contributed by atoms with van der Waals surface area (Å²) in [5, 5.41) is 10.5. The van der Waals surface area contributed by atoms with Gasteiger partial charge in [0.15, 0.2) is 5.69 Å². The van der Waals surface area contributed by atoms with E-state index in [9.17, 15) is 9.59 Å². The van der Waals surface area contributed by atoms with Crippen LogP contribution in [-0.2, 0) is 4.74 Å². The number of methoxy groups -OCH3 is 1. The first-order valence-electron chi connectivity index (χ1n) is 9.19. The zero-order valence-electron chi connectivity index (χ0n) is 16.4. The van der Waals surface area contributed by atoms with Crippen LogP contribution in [0.15, 0.2) is 67.0 Å². The summed E-state index contributed by atoms with van der Waals surface area (Å²) in [6.07, 6.45) is 3.27. The van der Waals surface area contributed by atoms with E-state index in [0.717, 1.165) is 16.6 Å². The average molecular weight is 401 g/mol. The molecule has 0 aliphatic rings. The maximum Gasteiger partial charge on any atom is 0.359 e. The molecular weight excluding hydrogens is 382 g/mol. The topological polar surface area (TPSA) is 100 Å². The van der Waals surface area contributed by atoms with Crippen molar-refractivity contribution in [2.45, 2.75) is 0 Å². The lowest BCUT2D eigenvalue weighted by atomic mass is 10.00. The summed E-state index contributed by atoms with van der Waals surface area (Å²) in [5.74, 6) is -0.504. The van der Waals surface area contributed by atoms with Crippen LogP contribution in [0.25, 0.3) is 22.0 Å². The Kier molecular flexibility index (Phi) is 5.13. The molecule has 0 aliphatic carbocycles. The van der Waals surface area contributed by atoms with Crippen LogP contribution in [0.2, 0.25) is 0 Å². The molecule has 8 nitrogen and oxygen atoms in total. The molecule has 150 valence electrons. The van der Waals surface area contributed by atoms with Crippen molar-refractivity contribution in [3.05, 3.63) is 72.7 Å². The van der Waals surface area contributed by atoms with Crippen LogP contribution in [0.4, 0.5) is 16.2 Å². The number of ether oxygens (including phenoxy) is 1. The van der Waals surface area contributed by atoms with Gasteiger partial charge in [-0.25, -0.2) is 9.59 Å². The predicted molar refractivity (Wildman–Crippen MR) is 115 cm³/mol. The third kappa shape index (κ3) is 3.58. The highest BCUT2D eigenvalue weighted by molar-refractivity contribution is 6.08. The van der Waals surface area contributed by atoms with Crippen molar-refractivity contribution in [1.29, 1.82) is 0 Å². The number of pyridine rings is 1. The Morgan fingerprint density at radius 1 is 1.07 bits per heavy atom. The molecule has 2 N–H and O–H groups in total. The number of aromatic amines is 1. The van der Waals surface area contributed by atoms with Gasteiger partial charge in [-0.05, 0) is 41.5 Å². The highest BCUT2D eigenvalue weighted by atomic mass is 16.5. The van der Waals surface area contributed by atoms with Gasteiger partial charge >= 0.3 is 12.0 Å². The summed E-state index contributed by atoms with van der Waals surface area (Å²) in [4.78, 5) is 30.1. The van der Waals surface area contributed by atoms with Crippen LogP contribution >= 0.6 is 0 Å². The fourth-order valence-electron chi connectivity index (χ4n) is 3.17. The van der Waals surface area contributed by atoms with Crippen LogP contribution in [0.5, 0.6) is 0 Å². The second kappa shape index (κ2) is 8.04. The number of rotatable bonds is 4. The summed E-state index contributed by atoms with van der Waals surface area (Å²) in [5.41, 5.74) is 4.03. The molecule has 0 fully saturated rings. The number of urea groups is 1. The highest BCUT2D eigenvalue weighted by Crippen LogP contribution is 2.31. The number of benzene rings is 2. The molecule has 4 aromatic rings. The van der Waals surface area contributed by atoms with Crippen molar-refractivity contribution in [1.82, 2.24) is 15.2 Å². The maximum absolute atomic E-state index is 12.5. The Morgan fingerprint density at radius 2 is 1.87 bits per heavy atom. The third-order valence-electron chi connectivity index (χ3n) is 4.75. The van der Waals surface area contributed by atoms with Crippen molar-refractivity contribution >= 4 is 34.3 Å². The molecule has 2 amide bonds. The first kappa shape index (κ1) is 19.1. The molecule has 2 heterocycles. The smallest absolute Gasteiger partial charge is 0.359 e. The molecule has 4 rings (SSSR count). The summed E-state index contributed by atoms with van der Waals surface area (Å²) in [7, 11) is 3.00. The second-order valence-electron chi connectivity index (χ2n) is 6.57.